The summed E-state index contributed by atoms with van der Waals surface area (Å²) in [6, 6.07) is 5.83. The van der Waals surface area contributed by atoms with Crippen molar-refractivity contribution in [1.29, 1.82) is 0 Å². The summed E-state index contributed by atoms with van der Waals surface area (Å²) in [5.74, 6) is 0.225. The lowest BCUT2D eigenvalue weighted by Gasteiger charge is -2.29. The van der Waals surface area contributed by atoms with Gasteiger partial charge >= 0.3 is 0 Å². The molecule has 1 saturated heterocycles. The van der Waals surface area contributed by atoms with Gasteiger partial charge in [-0.25, -0.2) is 0 Å². The number of thioether (sulfide) groups is 1. The molecule has 4 nitrogen and oxygen atoms in total. The second-order valence-electron chi connectivity index (χ2n) is 4.86. The first kappa shape index (κ1) is 14.2. The van der Waals surface area contributed by atoms with Crippen LogP contribution < -0.4 is 11.1 Å². The lowest BCUT2D eigenvalue weighted by atomic mass is 10.2. The van der Waals surface area contributed by atoms with Crippen LogP contribution in [0.25, 0.3) is 0 Å². The fourth-order valence-electron chi connectivity index (χ4n) is 2.19. The number of carbonyl (C=O) groups excluding carboxylic acids is 1. The highest BCUT2D eigenvalue weighted by Gasteiger charge is 2.23. The number of nitrogens with zero attached hydrogens (tertiary/aromatic N) is 1. The van der Waals surface area contributed by atoms with Crippen molar-refractivity contribution in [2.75, 3.05) is 31.9 Å². The number of nitrogens with one attached hydrogen (secondary N) is 1. The van der Waals surface area contributed by atoms with E-state index in [-0.39, 0.29) is 11.2 Å². The molecule has 1 heterocycles. The Labute approximate surface area is 118 Å². The number of benzene rings is 1. The van der Waals surface area contributed by atoms with Gasteiger partial charge in [-0.2, -0.15) is 0 Å². The van der Waals surface area contributed by atoms with E-state index in [1.807, 2.05) is 36.9 Å². The van der Waals surface area contributed by atoms with Gasteiger partial charge in [0.15, 0.2) is 0 Å². The topological polar surface area (TPSA) is 58.4 Å². The molecule has 0 spiro atoms. The van der Waals surface area contributed by atoms with E-state index >= 15 is 0 Å². The molecule has 2 rings (SSSR count). The highest BCUT2D eigenvalue weighted by Crippen LogP contribution is 2.28. The summed E-state index contributed by atoms with van der Waals surface area (Å²) >= 11 is 1.61. The van der Waals surface area contributed by atoms with Gasteiger partial charge in [0.05, 0.1) is 5.25 Å². The molecule has 0 bridgehead atoms. The molecule has 0 aliphatic carbocycles. The second-order valence-corrected chi connectivity index (χ2v) is 6.24. The van der Waals surface area contributed by atoms with Gasteiger partial charge in [0.1, 0.15) is 0 Å². The number of piperazine rings is 1. The van der Waals surface area contributed by atoms with Crippen molar-refractivity contribution in [3.63, 3.8) is 0 Å². The fourth-order valence-corrected chi connectivity index (χ4v) is 3.21. The third kappa shape index (κ3) is 3.64. The van der Waals surface area contributed by atoms with Gasteiger partial charge in [0.25, 0.3) is 0 Å². The van der Waals surface area contributed by atoms with Crippen LogP contribution in [0.3, 0.4) is 0 Å². The van der Waals surface area contributed by atoms with Gasteiger partial charge in [0.2, 0.25) is 5.91 Å². The van der Waals surface area contributed by atoms with Gasteiger partial charge < -0.3 is 16.0 Å². The van der Waals surface area contributed by atoms with E-state index in [0.717, 1.165) is 42.3 Å². The summed E-state index contributed by atoms with van der Waals surface area (Å²) in [4.78, 5) is 15.4. The molecule has 104 valence electrons. The lowest BCUT2D eigenvalue weighted by molar-refractivity contribution is -0.130. The lowest BCUT2D eigenvalue weighted by Crippen LogP contribution is -2.48. The summed E-state index contributed by atoms with van der Waals surface area (Å²) in [6.45, 7) is 7.41. The Morgan fingerprint density at radius 2 is 2.11 bits per heavy atom. The Hall–Kier alpha value is -1.20. The van der Waals surface area contributed by atoms with E-state index in [1.54, 1.807) is 11.8 Å². The third-order valence-corrected chi connectivity index (χ3v) is 4.55. The number of amides is 1. The summed E-state index contributed by atoms with van der Waals surface area (Å²) in [5.41, 5.74) is 7.64. The maximum Gasteiger partial charge on any atom is 0.235 e. The van der Waals surface area contributed by atoms with Crippen molar-refractivity contribution in [2.24, 2.45) is 0 Å². The van der Waals surface area contributed by atoms with Crippen LogP contribution in [0.15, 0.2) is 23.1 Å². The highest BCUT2D eigenvalue weighted by molar-refractivity contribution is 8.00. The van der Waals surface area contributed by atoms with Crippen LogP contribution in [-0.4, -0.2) is 42.2 Å². The number of carbonyl (C=O) groups is 1. The Bertz CT molecular complexity index is 458. The quantitative estimate of drug-likeness (QED) is 0.650. The predicted molar refractivity (Wildman–Crippen MR) is 80.4 cm³/mol. The Balaban J connectivity index is 1.99. The number of anilines is 1. The molecule has 1 aromatic carbocycles. The molecule has 1 atom stereocenters. The molecule has 1 unspecified atom stereocenters. The SMILES string of the molecule is Cc1cc(N)ccc1SC(C)C(=O)N1CCNCC1. The number of rotatable bonds is 3. The minimum absolute atomic E-state index is 0.0552. The van der Waals surface area contributed by atoms with E-state index in [2.05, 4.69) is 5.32 Å². The van der Waals surface area contributed by atoms with Crippen LogP contribution in [0.2, 0.25) is 0 Å². The van der Waals surface area contributed by atoms with Crippen molar-refractivity contribution in [3.05, 3.63) is 23.8 Å². The summed E-state index contributed by atoms with van der Waals surface area (Å²) < 4.78 is 0. The van der Waals surface area contributed by atoms with Crippen LogP contribution in [0.5, 0.6) is 0 Å². The predicted octanol–water partition coefficient (Wildman–Crippen LogP) is 1.49. The maximum absolute atomic E-state index is 12.3. The highest BCUT2D eigenvalue weighted by atomic mass is 32.2. The summed E-state index contributed by atoms with van der Waals surface area (Å²) in [6.07, 6.45) is 0. The monoisotopic (exact) mass is 279 g/mol. The minimum Gasteiger partial charge on any atom is -0.399 e. The first-order chi connectivity index (χ1) is 9.08. The van der Waals surface area contributed by atoms with Gasteiger partial charge in [-0.1, -0.05) is 0 Å². The average Bonchev–Trinajstić information content (AvgIpc) is 2.42. The Morgan fingerprint density at radius 1 is 1.42 bits per heavy atom. The van der Waals surface area contributed by atoms with Crippen molar-refractivity contribution in [1.82, 2.24) is 10.2 Å². The zero-order valence-electron chi connectivity index (χ0n) is 11.5. The number of hydrogen-bond donors (Lipinski definition) is 2. The summed E-state index contributed by atoms with van der Waals surface area (Å²) in [5, 5.41) is 3.20. The second kappa shape index (κ2) is 6.30. The molecule has 3 N–H and O–H groups in total. The van der Waals surface area contributed by atoms with Crippen molar-refractivity contribution < 1.29 is 4.79 Å². The van der Waals surface area contributed by atoms with Crippen LogP contribution in [0.1, 0.15) is 12.5 Å². The van der Waals surface area contributed by atoms with Crippen LogP contribution in [-0.2, 0) is 4.79 Å². The summed E-state index contributed by atoms with van der Waals surface area (Å²) in [7, 11) is 0. The zero-order chi connectivity index (χ0) is 13.8. The van der Waals surface area contributed by atoms with Gasteiger partial charge in [-0.15, -0.1) is 11.8 Å². The van der Waals surface area contributed by atoms with E-state index in [1.165, 1.54) is 0 Å². The first-order valence-corrected chi connectivity index (χ1v) is 7.48. The largest absolute Gasteiger partial charge is 0.399 e. The molecule has 1 aliphatic rings. The Kier molecular flexibility index (Phi) is 4.71. The van der Waals surface area contributed by atoms with E-state index in [0.29, 0.717) is 0 Å². The number of nitrogens with two attached hydrogens (primary N) is 1. The molecule has 1 amide bonds. The van der Waals surface area contributed by atoms with Gasteiger partial charge in [0, 0.05) is 36.8 Å². The van der Waals surface area contributed by atoms with Crippen molar-refractivity contribution in [3.8, 4) is 0 Å². The number of hydrogen-bond acceptors (Lipinski definition) is 4. The van der Waals surface area contributed by atoms with Crippen LogP contribution >= 0.6 is 11.8 Å². The normalized spacial score (nSPS) is 17.3. The standard InChI is InChI=1S/C14H21N3OS/c1-10-9-12(15)3-4-13(10)19-11(2)14(18)17-7-5-16-6-8-17/h3-4,9,11,16H,5-8,15H2,1-2H3. The first-order valence-electron chi connectivity index (χ1n) is 6.60. The molecule has 0 radical (unpaired) electrons. The zero-order valence-corrected chi connectivity index (χ0v) is 12.3. The maximum atomic E-state index is 12.3. The average molecular weight is 279 g/mol. The minimum atomic E-state index is -0.0552. The van der Waals surface area contributed by atoms with Gasteiger partial charge in [-0.05, 0) is 37.6 Å². The van der Waals surface area contributed by atoms with Crippen LogP contribution in [0.4, 0.5) is 5.69 Å². The fraction of sp³-hybridized carbons (Fsp3) is 0.500. The molecule has 1 fully saturated rings. The Morgan fingerprint density at radius 3 is 2.74 bits per heavy atom. The van der Waals surface area contributed by atoms with E-state index in [4.69, 9.17) is 5.73 Å². The van der Waals surface area contributed by atoms with E-state index in [9.17, 15) is 4.79 Å². The molecule has 5 heteroatoms. The smallest absolute Gasteiger partial charge is 0.235 e. The molecule has 0 saturated carbocycles. The molecule has 19 heavy (non-hydrogen) atoms. The molecule has 0 aromatic heterocycles. The number of nitrogen functional groups attached to an aromatic ring is 1. The van der Waals surface area contributed by atoms with Crippen LogP contribution in [0, 0.1) is 6.92 Å². The van der Waals surface area contributed by atoms with Crippen molar-refractivity contribution in [2.45, 2.75) is 24.0 Å². The molecule has 1 aliphatic heterocycles. The number of aryl methyl sites for hydroxylation is 1. The molecular weight excluding hydrogens is 258 g/mol. The van der Waals surface area contributed by atoms with Gasteiger partial charge in [-0.3, -0.25) is 4.79 Å². The van der Waals surface area contributed by atoms with E-state index < -0.39 is 0 Å². The molecular formula is C14H21N3OS. The van der Waals surface area contributed by atoms with Crippen molar-refractivity contribution >= 4 is 23.4 Å². The third-order valence-electron chi connectivity index (χ3n) is 3.28. The molecule has 1 aromatic rings.